The van der Waals surface area contributed by atoms with Gasteiger partial charge in [0.2, 0.25) is 4.91 Å². The van der Waals surface area contributed by atoms with Crippen LogP contribution in [0.5, 0.6) is 0 Å². The van der Waals surface area contributed by atoms with E-state index in [1.165, 1.54) is 0 Å². The van der Waals surface area contributed by atoms with Crippen LogP contribution < -0.4 is 10.2 Å². The van der Waals surface area contributed by atoms with Crippen LogP contribution in [0.3, 0.4) is 0 Å². The molecule has 0 heterocycles. The summed E-state index contributed by atoms with van der Waals surface area (Å²) in [5.41, 5.74) is 6.26. The fourth-order valence-electron chi connectivity index (χ4n) is 0.420. The summed E-state index contributed by atoms with van der Waals surface area (Å²) >= 11 is 0. The largest absolute Gasteiger partial charge is 0.465 e. The highest BCUT2D eigenvalue weighted by molar-refractivity contribution is 5.64. The Balaban J connectivity index is 3.52. The van der Waals surface area contributed by atoms with Gasteiger partial charge in [-0.2, -0.15) is 0 Å². The van der Waals surface area contributed by atoms with E-state index >= 15 is 0 Å². The highest BCUT2D eigenvalue weighted by Crippen LogP contribution is 1.80. The van der Waals surface area contributed by atoms with E-state index in [0.29, 0.717) is 0 Å². The van der Waals surface area contributed by atoms with E-state index in [1.807, 2.05) is 0 Å². The molecule has 0 fully saturated rings. The van der Waals surface area contributed by atoms with E-state index in [-0.39, 0.29) is 12.6 Å². The first kappa shape index (κ1) is 8.58. The molecule has 0 unspecified atom stereocenters. The lowest BCUT2D eigenvalue weighted by molar-refractivity contribution is 0.191. The molecular weight excluding hydrogens is 136 g/mol. The maximum Gasteiger partial charge on any atom is 0.404 e. The molecule has 10 heavy (non-hydrogen) atoms. The molecule has 3 N–H and O–H groups in total. The maximum atomic E-state index is 9.94. The van der Waals surface area contributed by atoms with Crippen molar-refractivity contribution in [2.24, 2.45) is 5.11 Å². The van der Waals surface area contributed by atoms with Crippen LogP contribution in [0.25, 0.3) is 0 Å². The summed E-state index contributed by atoms with van der Waals surface area (Å²) in [6.45, 7) is 1.85. The van der Waals surface area contributed by atoms with Gasteiger partial charge in [0.15, 0.2) is 0 Å². The van der Waals surface area contributed by atoms with Crippen molar-refractivity contribution in [3.05, 3.63) is 0 Å². The molecule has 0 aliphatic heterocycles. The SMILES string of the molecule is C[C@@H](CN=[N+]=N)NC(=O)O. The van der Waals surface area contributed by atoms with Crippen LogP contribution in [0.15, 0.2) is 5.11 Å². The van der Waals surface area contributed by atoms with Crippen LogP contribution in [0, 0.1) is 5.53 Å². The van der Waals surface area contributed by atoms with Crippen LogP contribution in [0.1, 0.15) is 6.92 Å². The number of nitrogens with one attached hydrogen (secondary N) is 2. The molecule has 6 nitrogen and oxygen atoms in total. The second kappa shape index (κ2) is 4.46. The van der Waals surface area contributed by atoms with Crippen LogP contribution in [-0.4, -0.2) is 23.8 Å². The third kappa shape index (κ3) is 4.73. The molecule has 0 saturated heterocycles. The maximum absolute atomic E-state index is 9.94. The average Bonchev–Trinajstić information content (AvgIpc) is 1.82. The molecule has 0 spiro atoms. The topological polar surface area (TPSA) is 99.6 Å². The van der Waals surface area contributed by atoms with Crippen molar-refractivity contribution in [3.63, 3.8) is 0 Å². The van der Waals surface area contributed by atoms with Crippen molar-refractivity contribution in [2.75, 3.05) is 6.54 Å². The predicted octanol–water partition coefficient (Wildman–Crippen LogP) is 0.193. The second-order valence-electron chi connectivity index (χ2n) is 1.77. The van der Waals surface area contributed by atoms with E-state index in [0.717, 1.165) is 0 Å². The number of rotatable bonds is 3. The van der Waals surface area contributed by atoms with Crippen molar-refractivity contribution in [1.29, 1.82) is 5.53 Å². The molecule has 0 aromatic rings. The minimum atomic E-state index is -1.09. The summed E-state index contributed by atoms with van der Waals surface area (Å²) in [5.74, 6) is 0. The van der Waals surface area contributed by atoms with E-state index in [2.05, 4.69) is 15.3 Å². The average molecular weight is 145 g/mol. The number of nitrogens with zero attached hydrogens (tertiary/aromatic N) is 2. The third-order valence-electron chi connectivity index (χ3n) is 0.796. The van der Waals surface area contributed by atoms with Gasteiger partial charge in [0.25, 0.3) is 0 Å². The van der Waals surface area contributed by atoms with Crippen molar-refractivity contribution < 1.29 is 9.90 Å². The number of hydrogen-bond acceptors (Lipinski definition) is 3. The van der Waals surface area contributed by atoms with Gasteiger partial charge >= 0.3 is 6.09 Å². The Bertz CT molecular complexity index is 159. The molecule has 1 amide bonds. The minimum Gasteiger partial charge on any atom is -0.465 e. The minimum absolute atomic E-state index is 0.204. The van der Waals surface area contributed by atoms with Crippen LogP contribution in [-0.2, 0) is 0 Å². The standard InChI is InChI=1S/C4H8N4O2/c1-3(2-6-8-5)7-4(9)10/h3,5,7H,2H2,1H3/p+1/t3-/m0/s1. The smallest absolute Gasteiger partial charge is 0.404 e. The van der Waals surface area contributed by atoms with Gasteiger partial charge in [-0.25, -0.2) is 4.79 Å². The van der Waals surface area contributed by atoms with E-state index < -0.39 is 6.09 Å². The molecule has 6 heteroatoms. The lowest BCUT2D eigenvalue weighted by Crippen LogP contribution is -2.33. The summed E-state index contributed by atoms with van der Waals surface area (Å²) in [4.78, 5) is 12.7. The molecule has 0 aliphatic carbocycles. The van der Waals surface area contributed by atoms with Gasteiger partial charge in [0.05, 0.1) is 6.04 Å². The first-order chi connectivity index (χ1) is 4.66. The van der Waals surface area contributed by atoms with Gasteiger partial charge in [0, 0.05) is 0 Å². The summed E-state index contributed by atoms with van der Waals surface area (Å²) in [6.07, 6.45) is -1.09. The molecule has 0 radical (unpaired) electrons. The van der Waals surface area contributed by atoms with Gasteiger partial charge in [-0.1, -0.05) is 0 Å². The van der Waals surface area contributed by atoms with Crippen molar-refractivity contribution >= 4 is 6.09 Å². The van der Waals surface area contributed by atoms with Crippen molar-refractivity contribution in [2.45, 2.75) is 13.0 Å². The van der Waals surface area contributed by atoms with Crippen molar-refractivity contribution in [3.8, 4) is 0 Å². The van der Waals surface area contributed by atoms with Gasteiger partial charge < -0.3 is 10.4 Å². The van der Waals surface area contributed by atoms with Gasteiger partial charge in [-0.05, 0) is 6.92 Å². The lowest BCUT2D eigenvalue weighted by Gasteiger charge is -2.02. The molecule has 0 aliphatic rings. The molecule has 56 valence electrons. The van der Waals surface area contributed by atoms with Gasteiger partial charge in [0.1, 0.15) is 17.2 Å². The molecule has 0 aromatic carbocycles. The van der Waals surface area contributed by atoms with Crippen LogP contribution in [0.2, 0.25) is 0 Å². The third-order valence-corrected chi connectivity index (χ3v) is 0.796. The Morgan fingerprint density at radius 2 is 2.60 bits per heavy atom. The summed E-state index contributed by atoms with van der Waals surface area (Å²) < 4.78 is 0. The monoisotopic (exact) mass is 145 g/mol. The Morgan fingerprint density at radius 3 is 3.00 bits per heavy atom. The summed E-state index contributed by atoms with van der Waals surface area (Å²) in [6, 6.07) is -0.286. The Kier molecular flexibility index (Phi) is 3.83. The number of carboxylic acid groups (broad SMARTS) is 1. The molecule has 0 aromatic heterocycles. The predicted molar refractivity (Wildman–Crippen MR) is 32.8 cm³/mol. The zero-order valence-corrected chi connectivity index (χ0v) is 5.53. The van der Waals surface area contributed by atoms with E-state index in [9.17, 15) is 4.79 Å². The zero-order valence-electron chi connectivity index (χ0n) is 5.53. The van der Waals surface area contributed by atoms with E-state index in [4.69, 9.17) is 10.6 Å². The van der Waals surface area contributed by atoms with Gasteiger partial charge in [-0.3, -0.25) is 0 Å². The lowest BCUT2D eigenvalue weighted by atomic mass is 10.3. The summed E-state index contributed by atoms with van der Waals surface area (Å²) in [7, 11) is 0. The van der Waals surface area contributed by atoms with Crippen molar-refractivity contribution in [1.82, 2.24) is 10.2 Å². The summed E-state index contributed by atoms with van der Waals surface area (Å²) in [5, 5.41) is 13.6. The number of amides is 1. The normalized spacial score (nSPS) is 11.3. The van der Waals surface area contributed by atoms with Crippen LogP contribution >= 0.6 is 0 Å². The first-order valence-corrected chi connectivity index (χ1v) is 2.69. The number of carbonyl (C=O) groups is 1. The Morgan fingerprint density at radius 1 is 2.00 bits per heavy atom. The molecule has 0 rings (SSSR count). The molecular formula is C4H9N4O2+. The van der Waals surface area contributed by atoms with Crippen LogP contribution in [0.4, 0.5) is 4.79 Å². The molecule has 0 saturated carbocycles. The fraction of sp³-hybridized carbons (Fsp3) is 0.750. The Labute approximate surface area is 57.5 Å². The highest BCUT2D eigenvalue weighted by Gasteiger charge is 2.05. The molecule has 1 atom stereocenters. The first-order valence-electron chi connectivity index (χ1n) is 2.69. The van der Waals surface area contributed by atoms with Gasteiger partial charge in [-0.15, -0.1) is 0 Å². The van der Waals surface area contributed by atoms with E-state index in [1.54, 1.807) is 6.92 Å². The highest BCUT2D eigenvalue weighted by atomic mass is 16.4. The zero-order chi connectivity index (χ0) is 7.98. The quantitative estimate of drug-likeness (QED) is 0.390. The fourth-order valence-corrected chi connectivity index (χ4v) is 0.420. The Hall–Kier alpha value is -1.42. The number of hydrogen-bond donors (Lipinski definition) is 3. The molecule has 0 bridgehead atoms. The second-order valence-corrected chi connectivity index (χ2v) is 1.77.